The predicted octanol–water partition coefficient (Wildman–Crippen LogP) is 5.22. The quantitative estimate of drug-likeness (QED) is 0.615. The van der Waals surface area contributed by atoms with Crippen LogP contribution in [-0.2, 0) is 6.54 Å². The van der Waals surface area contributed by atoms with Crippen LogP contribution in [0, 0.1) is 6.92 Å². The van der Waals surface area contributed by atoms with Crippen LogP contribution in [0.15, 0.2) is 72.8 Å². The Hall–Kier alpha value is -2.82. The number of nitrogens with zero attached hydrogens (tertiary/aromatic N) is 2. The number of nitrogens with one attached hydrogen (secondary N) is 1. The minimum absolute atomic E-state index is 0.0871. The van der Waals surface area contributed by atoms with Crippen molar-refractivity contribution in [1.29, 1.82) is 0 Å². The van der Waals surface area contributed by atoms with E-state index in [1.807, 2.05) is 61.5 Å². The van der Waals surface area contributed by atoms with Crippen LogP contribution in [0.1, 0.15) is 21.5 Å². The summed E-state index contributed by atoms with van der Waals surface area (Å²) >= 11 is 6.30. The van der Waals surface area contributed by atoms with Gasteiger partial charge in [-0.2, -0.15) is 0 Å². The molecule has 3 aromatic carbocycles. The van der Waals surface area contributed by atoms with E-state index in [4.69, 9.17) is 11.6 Å². The zero-order valence-corrected chi connectivity index (χ0v) is 17.9. The van der Waals surface area contributed by atoms with Crippen molar-refractivity contribution in [3.63, 3.8) is 0 Å². The smallest absolute Gasteiger partial charge is 0.255 e. The van der Waals surface area contributed by atoms with Crippen LogP contribution in [-0.4, -0.2) is 37.0 Å². The molecule has 5 heteroatoms. The van der Waals surface area contributed by atoms with E-state index in [-0.39, 0.29) is 5.91 Å². The Morgan fingerprint density at radius 2 is 1.57 bits per heavy atom. The van der Waals surface area contributed by atoms with Gasteiger partial charge in [0.25, 0.3) is 5.91 Å². The van der Waals surface area contributed by atoms with E-state index in [0.29, 0.717) is 5.56 Å². The summed E-state index contributed by atoms with van der Waals surface area (Å²) in [4.78, 5) is 17.2. The molecule has 0 bridgehead atoms. The van der Waals surface area contributed by atoms with Crippen molar-refractivity contribution in [2.24, 2.45) is 0 Å². The summed E-state index contributed by atoms with van der Waals surface area (Å²) < 4.78 is 0. The summed E-state index contributed by atoms with van der Waals surface area (Å²) in [5.41, 5.74) is 4.98. The van der Waals surface area contributed by atoms with E-state index in [1.165, 1.54) is 11.3 Å². The number of rotatable bonds is 5. The second-order valence-electron chi connectivity index (χ2n) is 7.72. The lowest BCUT2D eigenvalue weighted by atomic mass is 10.1. The molecule has 0 aromatic heterocycles. The van der Waals surface area contributed by atoms with E-state index >= 15 is 0 Å². The highest BCUT2D eigenvalue weighted by atomic mass is 35.5. The average molecular weight is 420 g/mol. The molecule has 1 N–H and O–H groups in total. The van der Waals surface area contributed by atoms with E-state index in [2.05, 4.69) is 33.3 Å². The van der Waals surface area contributed by atoms with Crippen LogP contribution in [0.5, 0.6) is 0 Å². The molecule has 0 atom stereocenters. The fourth-order valence-corrected chi connectivity index (χ4v) is 3.89. The number of amides is 1. The van der Waals surface area contributed by atoms with Crippen LogP contribution >= 0.6 is 11.6 Å². The Morgan fingerprint density at radius 1 is 0.900 bits per heavy atom. The highest BCUT2D eigenvalue weighted by molar-refractivity contribution is 6.31. The zero-order chi connectivity index (χ0) is 20.9. The molecule has 154 valence electrons. The topological polar surface area (TPSA) is 35.6 Å². The van der Waals surface area contributed by atoms with Crippen LogP contribution in [0.4, 0.5) is 11.4 Å². The van der Waals surface area contributed by atoms with Crippen molar-refractivity contribution in [2.45, 2.75) is 13.5 Å². The van der Waals surface area contributed by atoms with Gasteiger partial charge in [0.05, 0.1) is 0 Å². The summed E-state index contributed by atoms with van der Waals surface area (Å²) in [5.74, 6) is -0.0871. The molecular formula is C25H26ClN3O. The van der Waals surface area contributed by atoms with Gasteiger partial charge in [0, 0.05) is 54.7 Å². The SMILES string of the molecule is Cc1ccc(C(=O)Nc2ccc(N3CCN(Cc4ccccc4Cl)CC3)cc2)cc1. The Bertz CT molecular complexity index is 994. The zero-order valence-electron chi connectivity index (χ0n) is 17.1. The van der Waals surface area contributed by atoms with Crippen LogP contribution in [0.25, 0.3) is 0 Å². The van der Waals surface area contributed by atoms with E-state index < -0.39 is 0 Å². The van der Waals surface area contributed by atoms with Gasteiger partial charge < -0.3 is 10.2 Å². The lowest BCUT2D eigenvalue weighted by molar-refractivity contribution is 0.102. The predicted molar refractivity (Wildman–Crippen MR) is 125 cm³/mol. The molecule has 0 aliphatic carbocycles. The summed E-state index contributed by atoms with van der Waals surface area (Å²) in [6, 6.07) is 23.7. The van der Waals surface area contributed by atoms with Gasteiger partial charge in [-0.05, 0) is 55.0 Å². The second kappa shape index (κ2) is 9.33. The first-order valence-electron chi connectivity index (χ1n) is 10.3. The first kappa shape index (κ1) is 20.5. The third-order valence-electron chi connectivity index (χ3n) is 5.53. The van der Waals surface area contributed by atoms with Crippen molar-refractivity contribution < 1.29 is 4.79 Å². The fraction of sp³-hybridized carbons (Fsp3) is 0.240. The van der Waals surface area contributed by atoms with Gasteiger partial charge in [-0.25, -0.2) is 0 Å². The highest BCUT2D eigenvalue weighted by Crippen LogP contribution is 2.22. The summed E-state index contributed by atoms with van der Waals surface area (Å²) in [6.45, 7) is 6.84. The molecule has 1 amide bonds. The third-order valence-corrected chi connectivity index (χ3v) is 5.90. The summed E-state index contributed by atoms with van der Waals surface area (Å²) in [5, 5.41) is 3.81. The number of aryl methyl sites for hydroxylation is 1. The standard InChI is InChI=1S/C25H26ClN3O/c1-19-6-8-20(9-7-19)25(30)27-22-10-12-23(13-11-22)29-16-14-28(15-17-29)18-21-4-2-3-5-24(21)26/h2-13H,14-18H2,1H3,(H,27,30). The van der Waals surface area contributed by atoms with Crippen molar-refractivity contribution in [3.05, 3.63) is 94.5 Å². The fourth-order valence-electron chi connectivity index (χ4n) is 3.70. The van der Waals surface area contributed by atoms with E-state index in [0.717, 1.165) is 49.0 Å². The monoisotopic (exact) mass is 419 g/mol. The number of anilines is 2. The Morgan fingerprint density at radius 3 is 2.23 bits per heavy atom. The van der Waals surface area contributed by atoms with Gasteiger partial charge in [0.1, 0.15) is 0 Å². The van der Waals surface area contributed by atoms with Gasteiger partial charge in [-0.3, -0.25) is 9.69 Å². The molecule has 0 saturated carbocycles. The minimum atomic E-state index is -0.0871. The summed E-state index contributed by atoms with van der Waals surface area (Å²) in [6.07, 6.45) is 0. The van der Waals surface area contributed by atoms with Crippen molar-refractivity contribution in [3.8, 4) is 0 Å². The first-order chi connectivity index (χ1) is 14.6. The molecule has 0 spiro atoms. The number of hydrogen-bond donors (Lipinski definition) is 1. The molecule has 0 unspecified atom stereocenters. The molecule has 1 heterocycles. The molecule has 1 aliphatic heterocycles. The number of hydrogen-bond acceptors (Lipinski definition) is 3. The number of halogens is 1. The van der Waals surface area contributed by atoms with Crippen LogP contribution in [0.2, 0.25) is 5.02 Å². The molecule has 4 nitrogen and oxygen atoms in total. The maximum atomic E-state index is 12.4. The van der Waals surface area contributed by atoms with E-state index in [9.17, 15) is 4.79 Å². The number of carbonyl (C=O) groups is 1. The van der Waals surface area contributed by atoms with Crippen molar-refractivity contribution >= 4 is 28.9 Å². The van der Waals surface area contributed by atoms with Gasteiger partial charge in [-0.15, -0.1) is 0 Å². The van der Waals surface area contributed by atoms with E-state index in [1.54, 1.807) is 0 Å². The molecule has 30 heavy (non-hydrogen) atoms. The Labute approximate surface area is 183 Å². The van der Waals surface area contributed by atoms with Gasteiger partial charge in [-0.1, -0.05) is 47.5 Å². The maximum absolute atomic E-state index is 12.4. The number of piperazine rings is 1. The van der Waals surface area contributed by atoms with Crippen LogP contribution in [0.3, 0.4) is 0 Å². The number of benzene rings is 3. The Balaban J connectivity index is 1.31. The molecule has 3 aromatic rings. The van der Waals surface area contributed by atoms with Crippen LogP contribution < -0.4 is 10.2 Å². The maximum Gasteiger partial charge on any atom is 0.255 e. The molecule has 1 saturated heterocycles. The van der Waals surface area contributed by atoms with Crippen molar-refractivity contribution in [1.82, 2.24) is 4.90 Å². The highest BCUT2D eigenvalue weighted by Gasteiger charge is 2.18. The second-order valence-corrected chi connectivity index (χ2v) is 8.13. The van der Waals surface area contributed by atoms with Gasteiger partial charge in [0.15, 0.2) is 0 Å². The molecule has 4 rings (SSSR count). The van der Waals surface area contributed by atoms with Gasteiger partial charge >= 0.3 is 0 Å². The Kier molecular flexibility index (Phi) is 6.36. The minimum Gasteiger partial charge on any atom is -0.369 e. The first-order valence-corrected chi connectivity index (χ1v) is 10.6. The molecule has 0 radical (unpaired) electrons. The molecule has 1 aliphatic rings. The normalized spacial score (nSPS) is 14.5. The van der Waals surface area contributed by atoms with Crippen molar-refractivity contribution in [2.75, 3.05) is 36.4 Å². The van der Waals surface area contributed by atoms with Gasteiger partial charge in [0.2, 0.25) is 0 Å². The molecular weight excluding hydrogens is 394 g/mol. The number of carbonyl (C=O) groups excluding carboxylic acids is 1. The largest absolute Gasteiger partial charge is 0.369 e. The third kappa shape index (κ3) is 5.02. The summed E-state index contributed by atoms with van der Waals surface area (Å²) in [7, 11) is 0. The lowest BCUT2D eigenvalue weighted by Gasteiger charge is -2.36. The average Bonchev–Trinajstić information content (AvgIpc) is 2.77. The molecule has 1 fully saturated rings. The lowest BCUT2D eigenvalue weighted by Crippen LogP contribution is -2.46.